The number of carbonyl (C=O) groups excluding carboxylic acids is 1. The van der Waals surface area contributed by atoms with Crippen molar-refractivity contribution in [3.8, 4) is 0 Å². The molecule has 0 bridgehead atoms. The van der Waals surface area contributed by atoms with Crippen molar-refractivity contribution < 1.29 is 10.5 Å². The number of quaternary nitrogens is 1. The van der Waals surface area contributed by atoms with E-state index in [-0.39, 0.29) is 5.91 Å². The van der Waals surface area contributed by atoms with Gasteiger partial charge in [0.05, 0.1) is 17.4 Å². The number of halogens is 1. The average Bonchev–Trinajstić information content (AvgIpc) is 1.80. The highest BCUT2D eigenvalue weighted by Crippen LogP contribution is 2.14. The zero-order valence-corrected chi connectivity index (χ0v) is 7.99. The van der Waals surface area contributed by atoms with Gasteiger partial charge in [0.15, 0.2) is 0 Å². The standard InChI is InChI=1S/C6H13BrN2O/c1-6(2,7)5(10)9-4-3-8/h3-4,8H2,1-2H3,(H,9,10)/p+1. The number of rotatable bonds is 3. The van der Waals surface area contributed by atoms with E-state index in [4.69, 9.17) is 0 Å². The van der Waals surface area contributed by atoms with Gasteiger partial charge in [-0.05, 0) is 13.8 Å². The van der Waals surface area contributed by atoms with Crippen molar-refractivity contribution in [3.63, 3.8) is 0 Å². The molecule has 0 rings (SSSR count). The van der Waals surface area contributed by atoms with Gasteiger partial charge in [-0.3, -0.25) is 4.79 Å². The van der Waals surface area contributed by atoms with Gasteiger partial charge < -0.3 is 11.1 Å². The Labute approximate surface area is 69.5 Å². The molecule has 0 fully saturated rings. The first kappa shape index (κ1) is 9.91. The number of alkyl halides is 1. The van der Waals surface area contributed by atoms with Gasteiger partial charge in [-0.1, -0.05) is 15.9 Å². The summed E-state index contributed by atoms with van der Waals surface area (Å²) in [4.78, 5) is 11.0. The molecule has 0 spiro atoms. The van der Waals surface area contributed by atoms with E-state index in [1.54, 1.807) is 0 Å². The molecule has 3 nitrogen and oxygen atoms in total. The van der Waals surface area contributed by atoms with Gasteiger partial charge >= 0.3 is 0 Å². The number of hydrogen-bond acceptors (Lipinski definition) is 1. The van der Waals surface area contributed by atoms with Crippen LogP contribution in [-0.2, 0) is 4.79 Å². The topological polar surface area (TPSA) is 56.7 Å². The van der Waals surface area contributed by atoms with Gasteiger partial charge in [0.25, 0.3) is 0 Å². The van der Waals surface area contributed by atoms with Crippen LogP contribution in [0.4, 0.5) is 0 Å². The third-order valence-electron chi connectivity index (χ3n) is 1.00. The quantitative estimate of drug-likeness (QED) is 0.607. The number of hydrogen-bond donors (Lipinski definition) is 2. The fraction of sp³-hybridized carbons (Fsp3) is 0.833. The van der Waals surface area contributed by atoms with Crippen molar-refractivity contribution in [2.24, 2.45) is 0 Å². The minimum atomic E-state index is -0.456. The normalized spacial score (nSPS) is 11.2. The second-order valence-corrected chi connectivity index (χ2v) is 4.56. The van der Waals surface area contributed by atoms with Crippen LogP contribution < -0.4 is 11.1 Å². The fourth-order valence-electron chi connectivity index (χ4n) is 0.412. The Bertz CT molecular complexity index is 119. The molecule has 0 heterocycles. The minimum absolute atomic E-state index is 0.0103. The van der Waals surface area contributed by atoms with Crippen molar-refractivity contribution in [2.75, 3.05) is 13.1 Å². The highest BCUT2D eigenvalue weighted by atomic mass is 79.9. The summed E-state index contributed by atoms with van der Waals surface area (Å²) in [5, 5.41) is 2.72. The number of amides is 1. The Hall–Kier alpha value is -0.0900. The van der Waals surface area contributed by atoms with Gasteiger partial charge in [-0.15, -0.1) is 0 Å². The lowest BCUT2D eigenvalue weighted by Gasteiger charge is -2.14. The number of carbonyl (C=O) groups is 1. The van der Waals surface area contributed by atoms with E-state index >= 15 is 0 Å². The summed E-state index contributed by atoms with van der Waals surface area (Å²) >= 11 is 3.24. The molecule has 60 valence electrons. The van der Waals surface area contributed by atoms with Crippen molar-refractivity contribution >= 4 is 21.8 Å². The van der Waals surface area contributed by atoms with Gasteiger partial charge in [0, 0.05) is 0 Å². The second kappa shape index (κ2) is 3.93. The maximum Gasteiger partial charge on any atom is 0.236 e. The minimum Gasteiger partial charge on any atom is -0.356 e. The molecule has 0 aliphatic rings. The zero-order valence-electron chi connectivity index (χ0n) is 6.41. The first-order valence-corrected chi connectivity index (χ1v) is 4.04. The average molecular weight is 210 g/mol. The molecule has 0 atom stereocenters. The van der Waals surface area contributed by atoms with Crippen LogP contribution in [0.5, 0.6) is 0 Å². The molecule has 0 saturated carbocycles. The van der Waals surface area contributed by atoms with Crippen LogP contribution in [0.25, 0.3) is 0 Å². The lowest BCUT2D eigenvalue weighted by molar-refractivity contribution is -0.364. The molecule has 4 N–H and O–H groups in total. The van der Waals surface area contributed by atoms with Crippen molar-refractivity contribution in [2.45, 2.75) is 18.2 Å². The molecule has 0 aliphatic carbocycles. The SMILES string of the molecule is CC(C)(Br)C(=O)NCC[NH3+]. The second-order valence-electron chi connectivity index (χ2n) is 2.58. The molecule has 0 saturated heterocycles. The van der Waals surface area contributed by atoms with E-state index in [2.05, 4.69) is 27.0 Å². The summed E-state index contributed by atoms with van der Waals surface area (Å²) in [7, 11) is 0. The van der Waals surface area contributed by atoms with Gasteiger partial charge in [0.2, 0.25) is 5.91 Å². The molecule has 0 aromatic rings. The van der Waals surface area contributed by atoms with Crippen LogP contribution in [0.2, 0.25) is 0 Å². The summed E-state index contributed by atoms with van der Waals surface area (Å²) in [6.07, 6.45) is 0. The summed E-state index contributed by atoms with van der Waals surface area (Å²) in [6.45, 7) is 5.00. The van der Waals surface area contributed by atoms with Crippen molar-refractivity contribution in [1.82, 2.24) is 5.32 Å². The molecule has 0 unspecified atom stereocenters. The van der Waals surface area contributed by atoms with Crippen LogP contribution in [0.3, 0.4) is 0 Å². The lowest BCUT2D eigenvalue weighted by atomic mass is 10.2. The Morgan fingerprint density at radius 3 is 2.50 bits per heavy atom. The van der Waals surface area contributed by atoms with Crippen LogP contribution >= 0.6 is 15.9 Å². The van der Waals surface area contributed by atoms with E-state index in [1.807, 2.05) is 13.8 Å². The molecule has 0 radical (unpaired) electrons. The smallest absolute Gasteiger partial charge is 0.236 e. The first-order valence-electron chi connectivity index (χ1n) is 3.25. The molecule has 4 heteroatoms. The number of nitrogens with one attached hydrogen (secondary N) is 1. The van der Waals surface area contributed by atoms with Gasteiger partial charge in [0.1, 0.15) is 0 Å². The predicted molar refractivity (Wildman–Crippen MR) is 43.8 cm³/mol. The van der Waals surface area contributed by atoms with Crippen molar-refractivity contribution in [3.05, 3.63) is 0 Å². The van der Waals surface area contributed by atoms with Crippen LogP contribution in [0.1, 0.15) is 13.8 Å². The highest BCUT2D eigenvalue weighted by Gasteiger charge is 2.22. The summed E-state index contributed by atoms with van der Waals surface area (Å²) in [5.74, 6) is 0.0103. The highest BCUT2D eigenvalue weighted by molar-refractivity contribution is 9.10. The Balaban J connectivity index is 3.64. The van der Waals surface area contributed by atoms with E-state index in [1.165, 1.54) is 0 Å². The van der Waals surface area contributed by atoms with Crippen LogP contribution in [-0.4, -0.2) is 23.3 Å². The molecule has 1 amide bonds. The molecule has 0 aliphatic heterocycles. The fourth-order valence-corrected chi connectivity index (χ4v) is 0.552. The van der Waals surface area contributed by atoms with Gasteiger partial charge in [-0.2, -0.15) is 0 Å². The summed E-state index contributed by atoms with van der Waals surface area (Å²) in [6, 6.07) is 0. The summed E-state index contributed by atoms with van der Waals surface area (Å²) in [5.41, 5.74) is 3.61. The molecule has 0 aromatic carbocycles. The maximum atomic E-state index is 11.0. The Morgan fingerprint density at radius 2 is 2.20 bits per heavy atom. The molecular weight excluding hydrogens is 196 g/mol. The summed E-state index contributed by atoms with van der Waals surface area (Å²) < 4.78 is -0.456. The molecule has 0 aromatic heterocycles. The Kier molecular flexibility index (Phi) is 3.89. The van der Waals surface area contributed by atoms with Crippen LogP contribution in [0, 0.1) is 0 Å². The lowest BCUT2D eigenvalue weighted by Crippen LogP contribution is -2.55. The molecular formula is C6H14BrN2O+. The third-order valence-corrected chi connectivity index (χ3v) is 1.36. The predicted octanol–water partition coefficient (Wildman–Crippen LogP) is -0.482. The third kappa shape index (κ3) is 3.85. The monoisotopic (exact) mass is 209 g/mol. The van der Waals surface area contributed by atoms with E-state index in [0.29, 0.717) is 6.54 Å². The van der Waals surface area contributed by atoms with Gasteiger partial charge in [-0.25, -0.2) is 0 Å². The largest absolute Gasteiger partial charge is 0.356 e. The first-order chi connectivity index (χ1) is 4.48. The maximum absolute atomic E-state index is 11.0. The Morgan fingerprint density at radius 1 is 1.70 bits per heavy atom. The zero-order chi connectivity index (χ0) is 8.20. The van der Waals surface area contributed by atoms with Crippen LogP contribution in [0.15, 0.2) is 0 Å². The van der Waals surface area contributed by atoms with E-state index < -0.39 is 4.32 Å². The molecule has 10 heavy (non-hydrogen) atoms. The van der Waals surface area contributed by atoms with Crippen molar-refractivity contribution in [1.29, 1.82) is 0 Å². The van der Waals surface area contributed by atoms with E-state index in [9.17, 15) is 4.79 Å². The van der Waals surface area contributed by atoms with E-state index in [0.717, 1.165) is 6.54 Å².